The Kier molecular flexibility index (Phi) is 11.8. The highest BCUT2D eigenvalue weighted by atomic mass is 16.5. The molecular weight excluding hydrogens is 821 g/mol. The van der Waals surface area contributed by atoms with Gasteiger partial charge in [0.25, 0.3) is 0 Å². The summed E-state index contributed by atoms with van der Waals surface area (Å²) in [6.07, 6.45) is 9.90. The maximum atomic E-state index is 7.76. The van der Waals surface area contributed by atoms with E-state index in [1.54, 1.807) is 14.2 Å². The fraction of sp³-hybridized carbons (Fsp3) is 0.393. The van der Waals surface area contributed by atoms with Crippen LogP contribution in [0.5, 0.6) is 23.3 Å². The molecule has 0 amide bonds. The number of hydrogen-bond acceptors (Lipinski definition) is 10. The van der Waals surface area contributed by atoms with Crippen molar-refractivity contribution in [2.24, 2.45) is 23.7 Å². The van der Waals surface area contributed by atoms with Crippen LogP contribution in [0.25, 0.3) is 44.3 Å². The topological polar surface area (TPSA) is 95.0 Å². The number of benzene rings is 4. The van der Waals surface area contributed by atoms with Gasteiger partial charge in [0, 0.05) is 52.9 Å². The maximum absolute atomic E-state index is 7.76. The molecule has 9 heterocycles. The molecule has 338 valence electrons. The van der Waals surface area contributed by atoms with Crippen molar-refractivity contribution in [1.82, 2.24) is 29.7 Å². The van der Waals surface area contributed by atoms with Crippen LogP contribution in [0, 0.1) is 23.7 Å². The van der Waals surface area contributed by atoms with Crippen molar-refractivity contribution in [3.05, 3.63) is 133 Å². The SMILES string of the molecule is CC[C@H]1CN2CC[C@H]1C[C@@H]2[C@@H](Oc1nc(-c2ccccc2)nc(O[C@@H](c2ccnc3ccc(OC)cc23)[C@H]2C[C@@H]3CCN2C[C@@H]3CC)c1-c1ccccc1)c1ccnc2ccc(OC)cc12. The summed E-state index contributed by atoms with van der Waals surface area (Å²) >= 11 is 0. The molecule has 0 spiro atoms. The van der Waals surface area contributed by atoms with Crippen LogP contribution < -0.4 is 18.9 Å². The standard InChI is InChI=1S/C56H60N6O4/c1-5-35-33-61-27-23-39(35)29-49(61)52(43-21-25-57-47-19-17-41(63-3)31-45(43)47)65-55-51(37-13-9-7-10-14-37)56(60-54(59-55)38-15-11-8-12-16-38)66-53(50-30-40-24-28-62(50)34-36(40)6-2)44-22-26-58-48-20-18-42(64-4)32-46(44)48/h7-22,25-26,31-32,35-36,39-40,49-50,52-53H,5-6,23-24,27-30,33-34H2,1-4H3/t35-,36-,39-,40-,49+,50+,52-,53-/m0/s1. The molecule has 0 radical (unpaired) electrons. The lowest BCUT2D eigenvalue weighted by atomic mass is 9.72. The third-order valence-electron chi connectivity index (χ3n) is 15.6. The third kappa shape index (κ3) is 7.91. The Morgan fingerprint density at radius 1 is 0.576 bits per heavy atom. The zero-order valence-corrected chi connectivity index (χ0v) is 38.6. The van der Waals surface area contributed by atoms with Gasteiger partial charge in [-0.15, -0.1) is 0 Å². The molecule has 0 saturated carbocycles. The number of methoxy groups -OCH3 is 2. The fourth-order valence-electron chi connectivity index (χ4n) is 12.1. The summed E-state index contributed by atoms with van der Waals surface area (Å²) < 4.78 is 27.2. The van der Waals surface area contributed by atoms with Gasteiger partial charge in [-0.2, -0.15) is 9.97 Å². The van der Waals surface area contributed by atoms with Crippen LogP contribution in [0.15, 0.2) is 122 Å². The van der Waals surface area contributed by atoms with Crippen LogP contribution in [0.3, 0.4) is 0 Å². The van der Waals surface area contributed by atoms with E-state index >= 15 is 0 Å². The number of hydrogen-bond donors (Lipinski definition) is 0. The van der Waals surface area contributed by atoms with E-state index in [9.17, 15) is 0 Å². The molecule has 6 fully saturated rings. The predicted molar refractivity (Wildman–Crippen MR) is 260 cm³/mol. The van der Waals surface area contributed by atoms with Crippen molar-refractivity contribution in [3.8, 4) is 45.8 Å². The average molecular weight is 881 g/mol. The fourth-order valence-corrected chi connectivity index (χ4v) is 12.1. The van der Waals surface area contributed by atoms with Crippen molar-refractivity contribution >= 4 is 21.8 Å². The zero-order valence-electron chi connectivity index (χ0n) is 38.6. The number of piperidine rings is 6. The summed E-state index contributed by atoms with van der Waals surface area (Å²) in [7, 11) is 3.44. The molecule has 0 N–H and O–H groups in total. The molecule has 6 saturated heterocycles. The van der Waals surface area contributed by atoms with E-state index in [4.69, 9.17) is 38.9 Å². The predicted octanol–water partition coefficient (Wildman–Crippen LogP) is 11.4. The molecule has 10 atom stereocenters. The Labute approximate surface area is 388 Å². The van der Waals surface area contributed by atoms with Crippen molar-refractivity contribution in [2.75, 3.05) is 40.4 Å². The van der Waals surface area contributed by atoms with Crippen LogP contribution in [0.1, 0.15) is 75.7 Å². The second-order valence-electron chi connectivity index (χ2n) is 18.9. The zero-order chi connectivity index (χ0) is 44.7. The van der Waals surface area contributed by atoms with Crippen LogP contribution >= 0.6 is 0 Å². The van der Waals surface area contributed by atoms with E-state index in [0.29, 0.717) is 41.3 Å². The number of aromatic nitrogens is 4. The van der Waals surface area contributed by atoms with Crippen molar-refractivity contribution in [1.29, 1.82) is 0 Å². The molecule has 10 heteroatoms. The molecule has 4 bridgehead atoms. The lowest BCUT2D eigenvalue weighted by Crippen LogP contribution is -2.56. The third-order valence-corrected chi connectivity index (χ3v) is 15.6. The summed E-state index contributed by atoms with van der Waals surface area (Å²) in [6, 6.07) is 37.4. The van der Waals surface area contributed by atoms with E-state index in [0.717, 1.165) is 100 Å². The highest BCUT2D eigenvalue weighted by Crippen LogP contribution is 2.50. The molecule has 4 aromatic carbocycles. The van der Waals surface area contributed by atoms with E-state index in [1.165, 1.54) is 25.7 Å². The number of fused-ring (bicyclic) bond motifs is 8. The average Bonchev–Trinajstić information content (AvgIpc) is 3.39. The van der Waals surface area contributed by atoms with Gasteiger partial charge in [0.15, 0.2) is 5.82 Å². The molecule has 13 rings (SSSR count). The Hall–Kier alpha value is -6.10. The highest BCUT2D eigenvalue weighted by molar-refractivity contribution is 5.85. The minimum Gasteiger partial charge on any atom is -0.497 e. The molecule has 0 aliphatic carbocycles. The Morgan fingerprint density at radius 2 is 1.05 bits per heavy atom. The number of pyridine rings is 2. The number of nitrogens with zero attached hydrogens (tertiary/aromatic N) is 6. The Morgan fingerprint density at radius 3 is 1.47 bits per heavy atom. The van der Waals surface area contributed by atoms with Gasteiger partial charge in [-0.25, -0.2) is 0 Å². The largest absolute Gasteiger partial charge is 0.497 e. The summed E-state index contributed by atoms with van der Waals surface area (Å²) in [4.78, 5) is 26.0. The lowest BCUT2D eigenvalue weighted by Gasteiger charge is -2.52. The van der Waals surface area contributed by atoms with Gasteiger partial charge in [0.1, 0.15) is 29.3 Å². The smallest absolute Gasteiger partial charge is 0.229 e. The molecule has 6 aliphatic rings. The first-order chi connectivity index (χ1) is 32.5. The van der Waals surface area contributed by atoms with Gasteiger partial charge in [-0.3, -0.25) is 19.8 Å². The Balaban J connectivity index is 1.13. The molecule has 6 aliphatic heterocycles. The molecule has 10 nitrogen and oxygen atoms in total. The minimum absolute atomic E-state index is 0.106. The van der Waals surface area contributed by atoms with Crippen molar-refractivity contribution in [2.45, 2.75) is 76.7 Å². The molecular formula is C56H60N6O4. The minimum atomic E-state index is -0.393. The summed E-state index contributed by atoms with van der Waals surface area (Å²) in [6.45, 7) is 8.88. The van der Waals surface area contributed by atoms with Gasteiger partial charge < -0.3 is 18.9 Å². The highest BCUT2D eigenvalue weighted by Gasteiger charge is 2.47. The number of rotatable bonds is 14. The normalized spacial score (nSPS) is 25.4. The van der Waals surface area contributed by atoms with E-state index in [1.807, 2.05) is 54.9 Å². The Bertz CT molecular complexity index is 2680. The van der Waals surface area contributed by atoms with Crippen LogP contribution in [-0.4, -0.2) is 82.2 Å². The van der Waals surface area contributed by atoms with Crippen LogP contribution in [0.2, 0.25) is 0 Å². The lowest BCUT2D eigenvalue weighted by molar-refractivity contribution is -0.0510. The van der Waals surface area contributed by atoms with Crippen molar-refractivity contribution < 1.29 is 18.9 Å². The molecule has 66 heavy (non-hydrogen) atoms. The van der Waals surface area contributed by atoms with Gasteiger partial charge in [-0.1, -0.05) is 87.4 Å². The van der Waals surface area contributed by atoms with E-state index in [-0.39, 0.29) is 12.1 Å². The summed E-state index contributed by atoms with van der Waals surface area (Å²) in [5.41, 5.74) is 6.48. The second-order valence-corrected chi connectivity index (χ2v) is 18.9. The summed E-state index contributed by atoms with van der Waals surface area (Å²) in [5, 5.41) is 2.02. The molecule has 3 aromatic heterocycles. The van der Waals surface area contributed by atoms with E-state index in [2.05, 4.69) is 90.4 Å². The first-order valence-corrected chi connectivity index (χ1v) is 24.2. The second kappa shape index (κ2) is 18.3. The maximum Gasteiger partial charge on any atom is 0.229 e. The first kappa shape index (κ1) is 42.5. The van der Waals surface area contributed by atoms with Crippen molar-refractivity contribution in [3.63, 3.8) is 0 Å². The van der Waals surface area contributed by atoms with Gasteiger partial charge in [0.2, 0.25) is 11.8 Å². The monoisotopic (exact) mass is 880 g/mol. The molecule has 7 aromatic rings. The molecule has 2 unspecified atom stereocenters. The summed E-state index contributed by atoms with van der Waals surface area (Å²) in [5.74, 6) is 5.70. The quantitative estimate of drug-likeness (QED) is 0.105. The van der Waals surface area contributed by atoms with E-state index < -0.39 is 12.2 Å². The number of ether oxygens (including phenoxy) is 4. The van der Waals surface area contributed by atoms with Crippen LogP contribution in [0.4, 0.5) is 0 Å². The van der Waals surface area contributed by atoms with Gasteiger partial charge in [-0.05, 0) is 117 Å². The first-order valence-electron chi connectivity index (χ1n) is 24.2. The van der Waals surface area contributed by atoms with Crippen LogP contribution in [-0.2, 0) is 0 Å². The van der Waals surface area contributed by atoms with Gasteiger partial charge in [0.05, 0.1) is 37.3 Å². The van der Waals surface area contributed by atoms with Gasteiger partial charge >= 0.3 is 0 Å².